The monoisotopic (exact) mass is 407 g/mol. The second kappa shape index (κ2) is 10.4. The van der Waals surface area contributed by atoms with Gasteiger partial charge in [0.05, 0.1) is 14.2 Å². The molecule has 0 saturated carbocycles. The second-order valence-electron chi connectivity index (χ2n) is 7.66. The first kappa shape index (κ1) is 22.1. The van der Waals surface area contributed by atoms with Crippen LogP contribution in [0.1, 0.15) is 48.2 Å². The number of ether oxygens (including phenoxy) is 2. The van der Waals surface area contributed by atoms with Crippen LogP contribution in [-0.4, -0.2) is 38.0 Å². The number of methoxy groups -OCH3 is 2. The molecule has 0 amide bonds. The van der Waals surface area contributed by atoms with Gasteiger partial charge in [-0.2, -0.15) is 0 Å². The SMILES string of the molecule is CC.COc1cc2c(cc1OC)C(=O)/C(=C/C1CCN(Cc3ccccc3)CC1)C2. The molecule has 4 nitrogen and oxygen atoms in total. The predicted octanol–water partition coefficient (Wildman–Crippen LogP) is 5.31. The molecule has 1 heterocycles. The van der Waals surface area contributed by atoms with Crippen molar-refractivity contribution in [2.24, 2.45) is 5.92 Å². The standard InChI is InChI=1S/C24H27NO3.C2H6/c1-27-22-14-19-13-20(24(26)21(19)15-23(22)28-2)12-17-8-10-25(11-9-17)16-18-6-4-3-5-7-18;1-2/h3-7,12,14-15,17H,8-11,13,16H2,1-2H3;1-2H3/b20-12+;. The van der Waals surface area contributed by atoms with E-state index in [2.05, 4.69) is 41.3 Å². The molecule has 4 rings (SSSR count). The van der Waals surface area contributed by atoms with E-state index >= 15 is 0 Å². The molecule has 0 spiro atoms. The van der Waals surface area contributed by atoms with Crippen LogP contribution in [0.25, 0.3) is 0 Å². The average Bonchev–Trinajstić information content (AvgIpc) is 3.10. The second-order valence-corrected chi connectivity index (χ2v) is 7.66. The van der Waals surface area contributed by atoms with E-state index < -0.39 is 0 Å². The van der Waals surface area contributed by atoms with Gasteiger partial charge in [0, 0.05) is 24.1 Å². The quantitative estimate of drug-likeness (QED) is 0.630. The number of likely N-dealkylation sites (tertiary alicyclic amines) is 1. The Morgan fingerprint density at radius 2 is 1.63 bits per heavy atom. The van der Waals surface area contributed by atoms with Crippen LogP contribution in [0, 0.1) is 5.92 Å². The molecule has 0 radical (unpaired) electrons. The van der Waals surface area contributed by atoms with E-state index in [1.807, 2.05) is 26.0 Å². The van der Waals surface area contributed by atoms with Gasteiger partial charge < -0.3 is 9.47 Å². The van der Waals surface area contributed by atoms with Crippen LogP contribution in [-0.2, 0) is 13.0 Å². The Kier molecular flexibility index (Phi) is 7.69. The van der Waals surface area contributed by atoms with Crippen LogP contribution in [0.5, 0.6) is 11.5 Å². The molecule has 1 fully saturated rings. The molecular weight excluding hydrogens is 374 g/mol. The van der Waals surface area contributed by atoms with Crippen LogP contribution >= 0.6 is 0 Å². The molecule has 1 saturated heterocycles. The smallest absolute Gasteiger partial charge is 0.189 e. The van der Waals surface area contributed by atoms with E-state index in [1.165, 1.54) is 5.56 Å². The molecule has 2 aromatic rings. The maximum absolute atomic E-state index is 12.9. The Bertz CT molecular complexity index is 881. The molecule has 1 aliphatic heterocycles. The van der Waals surface area contributed by atoms with Gasteiger partial charge in [-0.3, -0.25) is 9.69 Å². The van der Waals surface area contributed by atoms with E-state index in [1.54, 1.807) is 14.2 Å². The Labute approximate surface area is 180 Å². The number of piperidine rings is 1. The third kappa shape index (κ3) is 4.93. The first-order valence-corrected chi connectivity index (χ1v) is 10.9. The molecular formula is C26H33NO3. The number of ketones is 1. The third-order valence-electron chi connectivity index (χ3n) is 5.84. The molecule has 2 aromatic carbocycles. The van der Waals surface area contributed by atoms with Crippen molar-refractivity contribution in [3.63, 3.8) is 0 Å². The fourth-order valence-electron chi connectivity index (χ4n) is 4.28. The van der Waals surface area contributed by atoms with Crippen molar-refractivity contribution in [2.45, 2.75) is 39.7 Å². The fraction of sp³-hybridized carbons (Fsp3) is 0.423. The lowest BCUT2D eigenvalue weighted by Gasteiger charge is -2.30. The molecule has 2 aliphatic rings. The van der Waals surface area contributed by atoms with Gasteiger partial charge in [0.1, 0.15) is 0 Å². The summed E-state index contributed by atoms with van der Waals surface area (Å²) in [5.41, 5.74) is 4.08. The van der Waals surface area contributed by atoms with Crippen molar-refractivity contribution in [1.82, 2.24) is 4.90 Å². The summed E-state index contributed by atoms with van der Waals surface area (Å²) in [6.45, 7) is 7.16. The minimum Gasteiger partial charge on any atom is -0.493 e. The summed E-state index contributed by atoms with van der Waals surface area (Å²) in [5.74, 6) is 1.92. The van der Waals surface area contributed by atoms with Crippen molar-refractivity contribution in [3.05, 3.63) is 70.8 Å². The minimum atomic E-state index is 0.141. The summed E-state index contributed by atoms with van der Waals surface area (Å²) in [6, 6.07) is 14.4. The Morgan fingerprint density at radius 1 is 1.00 bits per heavy atom. The minimum absolute atomic E-state index is 0.141. The fourth-order valence-corrected chi connectivity index (χ4v) is 4.28. The molecule has 4 heteroatoms. The van der Waals surface area contributed by atoms with Gasteiger partial charge >= 0.3 is 0 Å². The molecule has 160 valence electrons. The number of hydrogen-bond donors (Lipinski definition) is 0. The summed E-state index contributed by atoms with van der Waals surface area (Å²) in [5, 5.41) is 0. The summed E-state index contributed by atoms with van der Waals surface area (Å²) in [7, 11) is 3.23. The number of benzene rings is 2. The van der Waals surface area contributed by atoms with Gasteiger partial charge in [-0.05, 0) is 55.1 Å². The Hall–Kier alpha value is -2.59. The van der Waals surface area contributed by atoms with E-state index in [9.17, 15) is 4.79 Å². The maximum atomic E-state index is 12.9. The number of rotatable bonds is 5. The zero-order valence-corrected chi connectivity index (χ0v) is 18.6. The molecule has 0 unspecified atom stereocenters. The van der Waals surface area contributed by atoms with Crippen LogP contribution in [0.4, 0.5) is 0 Å². The number of carbonyl (C=O) groups is 1. The largest absolute Gasteiger partial charge is 0.493 e. The van der Waals surface area contributed by atoms with E-state index in [-0.39, 0.29) is 5.78 Å². The van der Waals surface area contributed by atoms with Crippen molar-refractivity contribution < 1.29 is 14.3 Å². The van der Waals surface area contributed by atoms with Crippen molar-refractivity contribution in [2.75, 3.05) is 27.3 Å². The van der Waals surface area contributed by atoms with Crippen LogP contribution in [0.3, 0.4) is 0 Å². The van der Waals surface area contributed by atoms with Crippen LogP contribution in [0.15, 0.2) is 54.1 Å². The van der Waals surface area contributed by atoms with Gasteiger partial charge in [0.15, 0.2) is 17.3 Å². The third-order valence-corrected chi connectivity index (χ3v) is 5.84. The summed E-state index contributed by atoms with van der Waals surface area (Å²) < 4.78 is 10.7. The van der Waals surface area contributed by atoms with E-state index in [0.29, 0.717) is 23.8 Å². The molecule has 30 heavy (non-hydrogen) atoms. The highest BCUT2D eigenvalue weighted by Gasteiger charge is 2.28. The predicted molar refractivity (Wildman–Crippen MR) is 121 cm³/mol. The topological polar surface area (TPSA) is 38.8 Å². The average molecular weight is 408 g/mol. The zero-order chi connectivity index (χ0) is 21.5. The summed E-state index contributed by atoms with van der Waals surface area (Å²) in [6.07, 6.45) is 5.12. The lowest BCUT2D eigenvalue weighted by Crippen LogP contribution is -2.32. The number of hydrogen-bond acceptors (Lipinski definition) is 4. The maximum Gasteiger partial charge on any atom is 0.189 e. The number of allylic oxidation sites excluding steroid dienone is 2. The van der Waals surface area contributed by atoms with E-state index in [0.717, 1.165) is 49.2 Å². The molecule has 0 bridgehead atoms. The molecule has 1 aliphatic carbocycles. The van der Waals surface area contributed by atoms with Crippen LogP contribution in [0.2, 0.25) is 0 Å². The highest BCUT2D eigenvalue weighted by Crippen LogP contribution is 2.37. The van der Waals surface area contributed by atoms with E-state index in [4.69, 9.17) is 9.47 Å². The molecule has 0 aromatic heterocycles. The number of fused-ring (bicyclic) bond motifs is 1. The lowest BCUT2D eigenvalue weighted by atomic mass is 9.93. The van der Waals surface area contributed by atoms with Crippen molar-refractivity contribution in [1.29, 1.82) is 0 Å². The molecule has 0 N–H and O–H groups in total. The highest BCUT2D eigenvalue weighted by molar-refractivity contribution is 6.13. The summed E-state index contributed by atoms with van der Waals surface area (Å²) >= 11 is 0. The zero-order valence-electron chi connectivity index (χ0n) is 18.6. The lowest BCUT2D eigenvalue weighted by molar-refractivity contribution is 0.103. The summed E-state index contributed by atoms with van der Waals surface area (Å²) in [4.78, 5) is 15.4. The Balaban J connectivity index is 0.00000124. The number of nitrogens with zero attached hydrogens (tertiary/aromatic N) is 1. The van der Waals surface area contributed by atoms with Gasteiger partial charge in [-0.1, -0.05) is 50.3 Å². The number of Topliss-reactive ketones (excluding diaryl/α,β-unsaturated/α-hetero) is 1. The number of carbonyl (C=O) groups excluding carboxylic acids is 1. The van der Waals surface area contributed by atoms with Crippen molar-refractivity contribution >= 4 is 5.78 Å². The van der Waals surface area contributed by atoms with Crippen LogP contribution < -0.4 is 9.47 Å². The van der Waals surface area contributed by atoms with Crippen molar-refractivity contribution in [3.8, 4) is 11.5 Å². The Morgan fingerprint density at radius 3 is 2.27 bits per heavy atom. The first-order chi connectivity index (χ1) is 14.7. The molecule has 0 atom stereocenters. The highest BCUT2D eigenvalue weighted by atomic mass is 16.5. The normalized spacial score (nSPS) is 18.0. The van der Waals surface area contributed by atoms with Gasteiger partial charge in [0.25, 0.3) is 0 Å². The van der Waals surface area contributed by atoms with Gasteiger partial charge in [0.2, 0.25) is 0 Å². The first-order valence-electron chi connectivity index (χ1n) is 10.9. The van der Waals surface area contributed by atoms with Gasteiger partial charge in [-0.25, -0.2) is 0 Å². The van der Waals surface area contributed by atoms with Gasteiger partial charge in [-0.15, -0.1) is 0 Å².